The van der Waals surface area contributed by atoms with Crippen molar-refractivity contribution in [2.75, 3.05) is 5.75 Å². The number of nitrogens with one attached hydrogen (secondary N) is 1. The number of sulfonamides is 1. The van der Waals surface area contributed by atoms with Crippen LogP contribution in [-0.4, -0.2) is 25.1 Å². The first kappa shape index (κ1) is 14.9. The van der Waals surface area contributed by atoms with Crippen LogP contribution in [0.5, 0.6) is 0 Å². The quantitative estimate of drug-likeness (QED) is 0.661. The Balaban J connectivity index is 2.14. The molecule has 20 heavy (non-hydrogen) atoms. The third-order valence-corrected chi connectivity index (χ3v) is 5.06. The second-order valence-electron chi connectivity index (χ2n) is 5.50. The lowest BCUT2D eigenvalue weighted by atomic mass is 10.1. The minimum absolute atomic E-state index is 0.0109. The largest absolute Gasteiger partial charge is 0.272 e. The minimum atomic E-state index is -3.33. The monoisotopic (exact) mass is 298 g/mol. The molecule has 1 aromatic carbocycles. The van der Waals surface area contributed by atoms with Crippen molar-refractivity contribution in [3.63, 3.8) is 0 Å². The first-order valence-corrected chi connectivity index (χ1v) is 8.19. The summed E-state index contributed by atoms with van der Waals surface area (Å²) in [6.45, 7) is 3.54. The molecule has 0 aromatic heterocycles. The highest BCUT2D eigenvalue weighted by molar-refractivity contribution is 7.89. The van der Waals surface area contributed by atoms with Crippen molar-refractivity contribution in [3.8, 4) is 0 Å². The van der Waals surface area contributed by atoms with Crippen LogP contribution in [0.2, 0.25) is 0 Å². The van der Waals surface area contributed by atoms with E-state index in [4.69, 9.17) is 0 Å². The molecule has 2 rings (SSSR count). The second kappa shape index (κ2) is 5.49. The second-order valence-corrected chi connectivity index (χ2v) is 7.30. The zero-order chi connectivity index (χ0) is 14.9. The van der Waals surface area contributed by atoms with Crippen LogP contribution in [0.1, 0.15) is 25.0 Å². The fraction of sp³-hybridized carbons (Fsp3) is 0.538. The summed E-state index contributed by atoms with van der Waals surface area (Å²) in [6.07, 6.45) is 1.03. The zero-order valence-corrected chi connectivity index (χ0v) is 12.3. The summed E-state index contributed by atoms with van der Waals surface area (Å²) in [5.74, 6) is -0.0841. The Morgan fingerprint density at radius 3 is 2.70 bits per heavy atom. The maximum absolute atomic E-state index is 11.9. The van der Waals surface area contributed by atoms with Crippen LogP contribution in [0.4, 0.5) is 5.69 Å². The number of nitro groups is 1. The van der Waals surface area contributed by atoms with Gasteiger partial charge in [0.25, 0.3) is 5.69 Å². The van der Waals surface area contributed by atoms with Gasteiger partial charge in [-0.3, -0.25) is 10.1 Å². The summed E-state index contributed by atoms with van der Waals surface area (Å²) in [5.41, 5.74) is 1.67. The highest BCUT2D eigenvalue weighted by Gasteiger charge is 2.31. The molecule has 0 spiro atoms. The molecule has 1 unspecified atom stereocenters. The number of hydrogen-bond donors (Lipinski definition) is 1. The van der Waals surface area contributed by atoms with E-state index in [0.29, 0.717) is 18.4 Å². The maximum atomic E-state index is 11.9. The van der Waals surface area contributed by atoms with Gasteiger partial charge in [-0.15, -0.1) is 0 Å². The maximum Gasteiger partial charge on any atom is 0.272 e. The van der Waals surface area contributed by atoms with Crippen molar-refractivity contribution in [1.29, 1.82) is 0 Å². The SMILES string of the molecule is CC(C)NS(=O)(=O)CC1Cc2cccc([N+](=O)[O-])c2C1. The van der Waals surface area contributed by atoms with Crippen molar-refractivity contribution < 1.29 is 13.3 Å². The van der Waals surface area contributed by atoms with Gasteiger partial charge in [0.1, 0.15) is 0 Å². The third kappa shape index (κ3) is 3.34. The van der Waals surface area contributed by atoms with Gasteiger partial charge in [0.2, 0.25) is 10.0 Å². The van der Waals surface area contributed by atoms with Gasteiger partial charge in [0.15, 0.2) is 0 Å². The van der Waals surface area contributed by atoms with Crippen LogP contribution in [0.3, 0.4) is 0 Å². The third-order valence-electron chi connectivity index (χ3n) is 3.32. The van der Waals surface area contributed by atoms with Crippen LogP contribution in [0, 0.1) is 16.0 Å². The average Bonchev–Trinajstić information content (AvgIpc) is 2.66. The van der Waals surface area contributed by atoms with Crippen LogP contribution >= 0.6 is 0 Å². The molecule has 1 aliphatic rings. The molecule has 1 N–H and O–H groups in total. The van der Waals surface area contributed by atoms with Crippen LogP contribution in [0.15, 0.2) is 18.2 Å². The molecule has 0 heterocycles. The summed E-state index contributed by atoms with van der Waals surface area (Å²) in [4.78, 5) is 10.6. The first-order chi connectivity index (χ1) is 9.28. The average molecular weight is 298 g/mol. The smallest absolute Gasteiger partial charge is 0.258 e. The Hall–Kier alpha value is -1.47. The van der Waals surface area contributed by atoms with Gasteiger partial charge in [-0.2, -0.15) is 0 Å². The Bertz CT molecular complexity index is 625. The lowest BCUT2D eigenvalue weighted by Crippen LogP contribution is -2.34. The normalized spacial score (nSPS) is 18.2. The molecule has 0 aliphatic heterocycles. The van der Waals surface area contributed by atoms with Crippen molar-refractivity contribution in [2.24, 2.45) is 5.92 Å². The topological polar surface area (TPSA) is 89.3 Å². The number of benzene rings is 1. The van der Waals surface area contributed by atoms with Crippen LogP contribution in [-0.2, 0) is 22.9 Å². The summed E-state index contributed by atoms with van der Waals surface area (Å²) < 4.78 is 26.4. The molecule has 0 saturated carbocycles. The van der Waals surface area contributed by atoms with E-state index in [-0.39, 0.29) is 23.4 Å². The van der Waals surface area contributed by atoms with E-state index in [1.165, 1.54) is 6.07 Å². The summed E-state index contributed by atoms with van der Waals surface area (Å²) in [7, 11) is -3.33. The lowest BCUT2D eigenvalue weighted by molar-refractivity contribution is -0.385. The predicted molar refractivity (Wildman–Crippen MR) is 76.1 cm³/mol. The molecule has 0 fully saturated rings. The summed E-state index contributed by atoms with van der Waals surface area (Å²) >= 11 is 0. The van der Waals surface area contributed by atoms with Gasteiger partial charge < -0.3 is 0 Å². The summed E-state index contributed by atoms with van der Waals surface area (Å²) in [6, 6.07) is 4.82. The van der Waals surface area contributed by atoms with Crippen molar-refractivity contribution >= 4 is 15.7 Å². The molecular weight excluding hydrogens is 280 g/mol. The van der Waals surface area contributed by atoms with Crippen LogP contribution in [0.25, 0.3) is 0 Å². The standard InChI is InChI=1S/C13H18N2O4S/c1-9(2)14-20(18,19)8-10-6-11-4-3-5-13(15(16)17)12(11)7-10/h3-5,9-10,14H,6-8H2,1-2H3. The molecular formula is C13H18N2O4S. The predicted octanol–water partition coefficient (Wildman–Crippen LogP) is 1.64. The number of hydrogen-bond acceptors (Lipinski definition) is 4. The number of nitrogens with zero attached hydrogens (tertiary/aromatic N) is 1. The van der Waals surface area contributed by atoms with Crippen molar-refractivity contribution in [3.05, 3.63) is 39.4 Å². The van der Waals surface area contributed by atoms with E-state index in [1.54, 1.807) is 19.9 Å². The van der Waals surface area contributed by atoms with Gasteiger partial charge in [-0.05, 0) is 38.2 Å². The molecule has 1 aromatic rings. The fourth-order valence-electron chi connectivity index (χ4n) is 2.73. The van der Waals surface area contributed by atoms with E-state index < -0.39 is 14.9 Å². The molecule has 0 radical (unpaired) electrons. The van der Waals surface area contributed by atoms with Gasteiger partial charge in [-0.1, -0.05) is 12.1 Å². The number of rotatable bonds is 5. The van der Waals surface area contributed by atoms with E-state index in [9.17, 15) is 18.5 Å². The Morgan fingerprint density at radius 1 is 1.40 bits per heavy atom. The first-order valence-electron chi connectivity index (χ1n) is 6.53. The van der Waals surface area contributed by atoms with E-state index in [1.807, 2.05) is 6.07 Å². The van der Waals surface area contributed by atoms with Gasteiger partial charge in [-0.25, -0.2) is 13.1 Å². The molecule has 0 bridgehead atoms. The van der Waals surface area contributed by atoms with E-state index >= 15 is 0 Å². The Morgan fingerprint density at radius 2 is 2.10 bits per heavy atom. The van der Waals surface area contributed by atoms with Gasteiger partial charge in [0, 0.05) is 17.7 Å². The number of fused-ring (bicyclic) bond motifs is 1. The highest BCUT2D eigenvalue weighted by atomic mass is 32.2. The fourth-order valence-corrected chi connectivity index (χ4v) is 4.40. The number of nitro benzene ring substituents is 1. The van der Waals surface area contributed by atoms with E-state index in [0.717, 1.165) is 5.56 Å². The van der Waals surface area contributed by atoms with E-state index in [2.05, 4.69) is 4.72 Å². The molecule has 6 nitrogen and oxygen atoms in total. The zero-order valence-electron chi connectivity index (χ0n) is 11.5. The molecule has 0 saturated heterocycles. The van der Waals surface area contributed by atoms with Crippen molar-refractivity contribution in [1.82, 2.24) is 4.72 Å². The lowest BCUT2D eigenvalue weighted by Gasteiger charge is -2.13. The molecule has 1 atom stereocenters. The molecule has 7 heteroatoms. The summed E-state index contributed by atoms with van der Waals surface area (Å²) in [5, 5.41) is 11.0. The van der Waals surface area contributed by atoms with Crippen LogP contribution < -0.4 is 4.72 Å². The molecule has 110 valence electrons. The Labute approximate surface area is 118 Å². The Kier molecular flexibility index (Phi) is 4.10. The highest BCUT2D eigenvalue weighted by Crippen LogP contribution is 2.33. The minimum Gasteiger partial charge on any atom is -0.258 e. The van der Waals surface area contributed by atoms with Crippen molar-refractivity contribution in [2.45, 2.75) is 32.7 Å². The molecule has 0 amide bonds. The molecule has 1 aliphatic carbocycles. The van der Waals surface area contributed by atoms with Gasteiger partial charge in [0.05, 0.1) is 10.7 Å². The van der Waals surface area contributed by atoms with Gasteiger partial charge >= 0.3 is 0 Å².